The molecule has 1 aliphatic heterocycles. The highest BCUT2D eigenvalue weighted by atomic mass is 16.7. The van der Waals surface area contributed by atoms with Crippen molar-refractivity contribution in [2.45, 2.75) is 300 Å². The van der Waals surface area contributed by atoms with Crippen LogP contribution >= 0.6 is 0 Å². The molecule has 9 unspecified atom stereocenters. The van der Waals surface area contributed by atoms with Gasteiger partial charge >= 0.3 is 0 Å². The predicted octanol–water partition coefficient (Wildman–Crippen LogP) is 11.7. The number of aliphatic hydroxyl groups excluding tert-OH is 7. The maximum absolute atomic E-state index is 13.2. The topological polar surface area (TPSA) is 189 Å². The molecule has 0 aromatic heterocycles. The maximum Gasteiger partial charge on any atom is 0.249 e. The van der Waals surface area contributed by atoms with Crippen molar-refractivity contribution < 1.29 is 50.0 Å². The number of allylic oxidation sites excluding steroid dienone is 8. The molecule has 404 valence electrons. The van der Waals surface area contributed by atoms with Gasteiger partial charge in [-0.05, 0) is 77.0 Å². The summed E-state index contributed by atoms with van der Waals surface area (Å²) in [5, 5.41) is 76.1. The van der Waals surface area contributed by atoms with E-state index in [0.717, 1.165) is 51.4 Å². The first-order valence-corrected chi connectivity index (χ1v) is 28.5. The van der Waals surface area contributed by atoms with Crippen molar-refractivity contribution in [3.05, 3.63) is 48.6 Å². The van der Waals surface area contributed by atoms with Gasteiger partial charge < -0.3 is 50.5 Å². The lowest BCUT2D eigenvalue weighted by Crippen LogP contribution is -2.60. The van der Waals surface area contributed by atoms with E-state index in [-0.39, 0.29) is 12.8 Å². The fraction of sp³-hybridized carbons (Fsp3) is 0.845. The number of carbonyl (C=O) groups is 1. The van der Waals surface area contributed by atoms with Gasteiger partial charge in [0.15, 0.2) is 6.29 Å². The van der Waals surface area contributed by atoms with Crippen molar-refractivity contribution in [1.29, 1.82) is 0 Å². The van der Waals surface area contributed by atoms with Crippen LogP contribution in [0.5, 0.6) is 0 Å². The highest BCUT2D eigenvalue weighted by Crippen LogP contribution is 2.23. The molecule has 69 heavy (non-hydrogen) atoms. The lowest BCUT2D eigenvalue weighted by Gasteiger charge is -2.40. The van der Waals surface area contributed by atoms with Gasteiger partial charge in [0, 0.05) is 0 Å². The van der Waals surface area contributed by atoms with Crippen LogP contribution < -0.4 is 5.32 Å². The highest BCUT2D eigenvalue weighted by molar-refractivity contribution is 5.80. The number of carbonyl (C=O) groups excluding carboxylic acids is 1. The summed E-state index contributed by atoms with van der Waals surface area (Å²) in [5.74, 6) is -0.711. The minimum atomic E-state index is -1.67. The van der Waals surface area contributed by atoms with Gasteiger partial charge in [0.05, 0.1) is 25.4 Å². The molecule has 11 heteroatoms. The zero-order valence-corrected chi connectivity index (χ0v) is 44.0. The predicted molar refractivity (Wildman–Crippen MR) is 284 cm³/mol. The Balaban J connectivity index is 2.36. The third kappa shape index (κ3) is 35.8. The summed E-state index contributed by atoms with van der Waals surface area (Å²) >= 11 is 0. The number of unbranched alkanes of at least 4 members (excludes halogenated alkanes) is 28. The van der Waals surface area contributed by atoms with E-state index in [1.54, 1.807) is 0 Å². The van der Waals surface area contributed by atoms with Crippen LogP contribution in [0.4, 0.5) is 0 Å². The monoisotopic (exact) mass is 978 g/mol. The van der Waals surface area contributed by atoms with E-state index in [4.69, 9.17) is 9.47 Å². The smallest absolute Gasteiger partial charge is 0.249 e. The van der Waals surface area contributed by atoms with Crippen LogP contribution in [-0.2, 0) is 14.3 Å². The van der Waals surface area contributed by atoms with Gasteiger partial charge in [0.1, 0.15) is 36.6 Å². The summed E-state index contributed by atoms with van der Waals surface area (Å²) in [5.41, 5.74) is 0. The molecule has 0 saturated carbocycles. The van der Waals surface area contributed by atoms with Crippen LogP contribution in [0.3, 0.4) is 0 Å². The Labute approximate surface area is 421 Å². The number of hydrogen-bond donors (Lipinski definition) is 8. The third-order valence-electron chi connectivity index (χ3n) is 13.6. The fourth-order valence-electron chi connectivity index (χ4n) is 8.97. The summed E-state index contributed by atoms with van der Waals surface area (Å²) in [6.45, 7) is 3.35. The summed E-state index contributed by atoms with van der Waals surface area (Å²) in [4.78, 5) is 13.2. The van der Waals surface area contributed by atoms with Crippen LogP contribution in [0.1, 0.15) is 245 Å². The number of ether oxygens (including phenoxy) is 2. The summed E-state index contributed by atoms with van der Waals surface area (Å²) < 4.78 is 11.1. The molecule has 0 aliphatic carbocycles. The lowest BCUT2D eigenvalue weighted by molar-refractivity contribution is -0.303. The van der Waals surface area contributed by atoms with E-state index >= 15 is 0 Å². The van der Waals surface area contributed by atoms with Gasteiger partial charge in [-0.1, -0.05) is 217 Å². The minimum absolute atomic E-state index is 0.246. The zero-order valence-electron chi connectivity index (χ0n) is 44.0. The molecule has 1 fully saturated rings. The van der Waals surface area contributed by atoms with E-state index in [2.05, 4.69) is 67.8 Å². The van der Waals surface area contributed by atoms with Gasteiger partial charge in [-0.15, -0.1) is 0 Å². The largest absolute Gasteiger partial charge is 0.394 e. The molecule has 0 spiro atoms. The van der Waals surface area contributed by atoms with Gasteiger partial charge in [-0.3, -0.25) is 4.79 Å². The van der Waals surface area contributed by atoms with Gasteiger partial charge in [0.2, 0.25) is 5.91 Å². The van der Waals surface area contributed by atoms with E-state index in [1.165, 1.54) is 148 Å². The molecule has 1 aliphatic rings. The number of rotatable bonds is 48. The Morgan fingerprint density at radius 1 is 0.522 bits per heavy atom. The second-order valence-corrected chi connectivity index (χ2v) is 20.0. The molecule has 9 atom stereocenters. The molecule has 1 heterocycles. The fourth-order valence-corrected chi connectivity index (χ4v) is 8.97. The maximum atomic E-state index is 13.2. The lowest BCUT2D eigenvalue weighted by atomic mass is 9.98. The number of amides is 1. The Bertz CT molecular complexity index is 1260. The van der Waals surface area contributed by atoms with Gasteiger partial charge in [-0.2, -0.15) is 0 Å². The van der Waals surface area contributed by atoms with Crippen molar-refractivity contribution in [2.24, 2.45) is 0 Å². The summed E-state index contributed by atoms with van der Waals surface area (Å²) in [6, 6.07) is -1.19. The number of aliphatic hydroxyl groups is 7. The van der Waals surface area contributed by atoms with Crippen molar-refractivity contribution >= 4 is 5.91 Å². The van der Waals surface area contributed by atoms with Gasteiger partial charge in [-0.25, -0.2) is 0 Å². The standard InChI is InChI=1S/C58H107NO10/c1-3-5-7-9-11-13-15-17-19-21-23-25-26-28-29-31-33-35-37-39-41-43-45-50(61)53(63)49(48-68-58-56(66)55(65)54(64)52(47-60)69-58)59-57(67)51(62)46-44-42-40-38-36-34-32-30-27-24-22-20-18-16-14-12-10-8-6-4-2/h6,8,12,14,29,31,37,39,49-56,58,60-66H,3-5,7,9-11,13,15-28,30,32-36,38,40-48H2,1-2H3,(H,59,67)/b8-6-,14-12-,31-29+,39-37+. The molecular formula is C58H107NO10. The molecule has 1 amide bonds. The molecule has 0 radical (unpaired) electrons. The first-order chi connectivity index (χ1) is 33.7. The Morgan fingerprint density at radius 2 is 0.957 bits per heavy atom. The van der Waals surface area contributed by atoms with E-state index in [0.29, 0.717) is 19.3 Å². The Hall–Kier alpha value is -1.93. The van der Waals surface area contributed by atoms with Crippen LogP contribution in [-0.4, -0.2) is 110 Å². The molecule has 1 rings (SSSR count). The Kier molecular flexibility index (Phi) is 44.4. The molecule has 11 nitrogen and oxygen atoms in total. The first-order valence-electron chi connectivity index (χ1n) is 28.5. The molecular weight excluding hydrogens is 871 g/mol. The van der Waals surface area contributed by atoms with Crippen LogP contribution in [0.15, 0.2) is 48.6 Å². The number of nitrogens with one attached hydrogen (secondary N) is 1. The van der Waals surface area contributed by atoms with Crippen LogP contribution in [0.2, 0.25) is 0 Å². The van der Waals surface area contributed by atoms with E-state index in [9.17, 15) is 40.5 Å². The van der Waals surface area contributed by atoms with E-state index < -0.39 is 74.2 Å². The SMILES string of the molecule is CC/C=C\C/C=C\CCCCCCCCCCCCCCCC(O)C(=O)NC(COC1OC(CO)C(O)C(O)C1O)C(O)C(O)CCC/C=C/CC/C=C/CCCCCCCCCCCCCCC. The van der Waals surface area contributed by atoms with Crippen molar-refractivity contribution in [3.8, 4) is 0 Å². The first kappa shape index (κ1) is 65.1. The Morgan fingerprint density at radius 3 is 1.45 bits per heavy atom. The molecule has 0 aromatic carbocycles. The van der Waals surface area contributed by atoms with Crippen molar-refractivity contribution in [2.75, 3.05) is 13.2 Å². The third-order valence-corrected chi connectivity index (χ3v) is 13.6. The van der Waals surface area contributed by atoms with E-state index in [1.807, 2.05) is 0 Å². The highest BCUT2D eigenvalue weighted by Gasteiger charge is 2.44. The average molecular weight is 978 g/mol. The summed E-state index contributed by atoms with van der Waals surface area (Å²) in [6.07, 6.45) is 47.3. The molecule has 1 saturated heterocycles. The molecule has 0 aromatic rings. The summed E-state index contributed by atoms with van der Waals surface area (Å²) in [7, 11) is 0. The molecule has 8 N–H and O–H groups in total. The minimum Gasteiger partial charge on any atom is -0.394 e. The number of hydrogen-bond acceptors (Lipinski definition) is 10. The van der Waals surface area contributed by atoms with Crippen molar-refractivity contribution in [1.82, 2.24) is 5.32 Å². The van der Waals surface area contributed by atoms with Gasteiger partial charge in [0.25, 0.3) is 0 Å². The van der Waals surface area contributed by atoms with Crippen LogP contribution in [0, 0.1) is 0 Å². The van der Waals surface area contributed by atoms with Crippen molar-refractivity contribution in [3.63, 3.8) is 0 Å². The quantitative estimate of drug-likeness (QED) is 0.0215. The second-order valence-electron chi connectivity index (χ2n) is 20.0. The molecule has 0 bridgehead atoms. The van der Waals surface area contributed by atoms with Crippen LogP contribution in [0.25, 0.3) is 0 Å². The average Bonchev–Trinajstić information content (AvgIpc) is 3.35. The zero-order chi connectivity index (χ0) is 50.4. The second kappa shape index (κ2) is 47.1. The normalized spacial score (nSPS) is 20.7.